The van der Waals surface area contributed by atoms with Crippen LogP contribution in [0.1, 0.15) is 50.7 Å². The van der Waals surface area contributed by atoms with Gasteiger partial charge < -0.3 is 20.1 Å². The molecule has 1 aliphatic carbocycles. The fourth-order valence-electron chi connectivity index (χ4n) is 6.10. The normalized spacial score (nSPS) is 29.5. The number of anilines is 1. The maximum Gasteiger partial charge on any atom is 0.223 e. The average Bonchev–Trinajstić information content (AvgIpc) is 2.81. The van der Waals surface area contributed by atoms with Crippen molar-refractivity contribution in [3.63, 3.8) is 0 Å². The number of aryl methyl sites for hydroxylation is 1. The molecule has 33 heavy (non-hydrogen) atoms. The highest BCUT2D eigenvalue weighted by Gasteiger charge is 2.49. The largest absolute Gasteiger partial charge is 0.379 e. The molecule has 6 unspecified atom stereocenters. The van der Waals surface area contributed by atoms with E-state index >= 15 is 0 Å². The van der Waals surface area contributed by atoms with Gasteiger partial charge >= 0.3 is 0 Å². The molecule has 6 nitrogen and oxygen atoms in total. The van der Waals surface area contributed by atoms with E-state index in [2.05, 4.69) is 55.7 Å². The first-order valence-electron chi connectivity index (χ1n) is 12.5. The monoisotopic (exact) mass is 453 g/mol. The van der Waals surface area contributed by atoms with Gasteiger partial charge in [0.1, 0.15) is 5.82 Å². The first-order valence-corrected chi connectivity index (χ1v) is 12.5. The van der Waals surface area contributed by atoms with Crippen LogP contribution < -0.4 is 10.6 Å². The van der Waals surface area contributed by atoms with Gasteiger partial charge in [-0.3, -0.25) is 4.79 Å². The number of piperidine rings is 1. The molecule has 2 heterocycles. The van der Waals surface area contributed by atoms with Crippen molar-refractivity contribution < 1.29 is 14.3 Å². The van der Waals surface area contributed by atoms with Gasteiger partial charge in [0.15, 0.2) is 0 Å². The highest BCUT2D eigenvalue weighted by atomic mass is 16.5. The second kappa shape index (κ2) is 10.4. The van der Waals surface area contributed by atoms with E-state index in [9.17, 15) is 4.79 Å². The number of aromatic nitrogens is 1. The van der Waals surface area contributed by atoms with Crippen molar-refractivity contribution in [2.24, 2.45) is 17.8 Å². The van der Waals surface area contributed by atoms with Crippen LogP contribution in [0.2, 0.25) is 0 Å². The third kappa shape index (κ3) is 4.87. The molecule has 2 fully saturated rings. The lowest BCUT2D eigenvalue weighted by Gasteiger charge is -2.49. The van der Waals surface area contributed by atoms with Crippen molar-refractivity contribution in [2.45, 2.75) is 71.1 Å². The Kier molecular flexibility index (Phi) is 7.55. The van der Waals surface area contributed by atoms with Gasteiger partial charge in [-0.2, -0.15) is 0 Å². The Morgan fingerprint density at radius 3 is 2.48 bits per heavy atom. The standard InChI is InChI=1S/C27H39N3O3/c1-6-8-23-20-15-25(33-5)24(32-4)14-19(20)21(27(31)30-23)13-18-12-17-11-16(3)9-10-22(17)29-26(18)28-7-2/h9-12,19-21,23-25H,6-8,13-15H2,1-5H3,(H,28,29)(H,30,31). The summed E-state index contributed by atoms with van der Waals surface area (Å²) in [6, 6.07) is 8.78. The predicted octanol–water partition coefficient (Wildman–Crippen LogP) is 4.49. The molecule has 2 aliphatic rings. The lowest BCUT2D eigenvalue weighted by molar-refractivity contribution is -0.144. The number of carbonyl (C=O) groups excluding carboxylic acids is 1. The molecule has 1 amide bonds. The summed E-state index contributed by atoms with van der Waals surface area (Å²) in [5.41, 5.74) is 3.31. The number of nitrogens with zero attached hydrogens (tertiary/aromatic N) is 1. The van der Waals surface area contributed by atoms with Crippen LogP contribution in [0.3, 0.4) is 0 Å². The topological polar surface area (TPSA) is 72.5 Å². The summed E-state index contributed by atoms with van der Waals surface area (Å²) >= 11 is 0. The van der Waals surface area contributed by atoms with E-state index in [1.54, 1.807) is 14.2 Å². The second-order valence-electron chi connectivity index (χ2n) is 9.78. The smallest absolute Gasteiger partial charge is 0.223 e. The third-order valence-electron chi connectivity index (χ3n) is 7.71. The summed E-state index contributed by atoms with van der Waals surface area (Å²) in [5, 5.41) is 7.95. The first kappa shape index (κ1) is 24.0. The molecule has 2 aromatic rings. The van der Waals surface area contributed by atoms with E-state index in [0.29, 0.717) is 12.3 Å². The number of pyridine rings is 1. The minimum absolute atomic E-state index is 0.0255. The van der Waals surface area contributed by atoms with E-state index < -0.39 is 0 Å². The van der Waals surface area contributed by atoms with Crippen LogP contribution in [0.4, 0.5) is 5.82 Å². The number of hydrogen-bond acceptors (Lipinski definition) is 5. The van der Waals surface area contributed by atoms with Crippen LogP contribution in [0, 0.1) is 24.7 Å². The Bertz CT molecular complexity index is 978. The van der Waals surface area contributed by atoms with Crippen molar-refractivity contribution >= 4 is 22.6 Å². The third-order valence-corrected chi connectivity index (χ3v) is 7.71. The first-order chi connectivity index (χ1) is 16.0. The van der Waals surface area contributed by atoms with Crippen molar-refractivity contribution in [3.05, 3.63) is 35.4 Å². The minimum atomic E-state index is -0.0972. The van der Waals surface area contributed by atoms with E-state index in [1.165, 1.54) is 5.56 Å². The van der Waals surface area contributed by atoms with Gasteiger partial charge in [-0.25, -0.2) is 4.98 Å². The van der Waals surface area contributed by atoms with Crippen LogP contribution >= 0.6 is 0 Å². The van der Waals surface area contributed by atoms with E-state index in [-0.39, 0.29) is 36.0 Å². The summed E-state index contributed by atoms with van der Waals surface area (Å²) in [4.78, 5) is 18.4. The molecule has 0 bridgehead atoms. The summed E-state index contributed by atoms with van der Waals surface area (Å²) in [6.07, 6.45) is 4.63. The molecule has 1 aromatic heterocycles. The molecule has 0 spiro atoms. The number of nitrogens with one attached hydrogen (secondary N) is 2. The number of amides is 1. The molecule has 2 N–H and O–H groups in total. The zero-order valence-corrected chi connectivity index (χ0v) is 20.7. The van der Waals surface area contributed by atoms with E-state index in [0.717, 1.165) is 54.5 Å². The number of rotatable bonds is 8. The van der Waals surface area contributed by atoms with Crippen LogP contribution in [0.5, 0.6) is 0 Å². The lowest BCUT2D eigenvalue weighted by Crippen LogP contribution is -2.59. The van der Waals surface area contributed by atoms with Crippen molar-refractivity contribution in [1.29, 1.82) is 0 Å². The quantitative estimate of drug-likeness (QED) is 0.616. The van der Waals surface area contributed by atoms with Gasteiger partial charge in [0.25, 0.3) is 0 Å². The Labute approximate surface area is 197 Å². The SMILES string of the molecule is CCCC1NC(=O)C(Cc2cc3cc(C)ccc3nc2NCC)C2CC(OC)C(OC)CC12. The Morgan fingerprint density at radius 2 is 1.82 bits per heavy atom. The Hall–Kier alpha value is -2.18. The predicted molar refractivity (Wildman–Crippen MR) is 132 cm³/mol. The van der Waals surface area contributed by atoms with Gasteiger partial charge in [0, 0.05) is 38.1 Å². The van der Waals surface area contributed by atoms with Crippen LogP contribution in [0.25, 0.3) is 10.9 Å². The molecule has 0 radical (unpaired) electrons. The lowest BCUT2D eigenvalue weighted by atomic mass is 9.63. The summed E-state index contributed by atoms with van der Waals surface area (Å²) < 4.78 is 11.6. The van der Waals surface area contributed by atoms with E-state index in [4.69, 9.17) is 14.5 Å². The number of hydrogen-bond donors (Lipinski definition) is 2. The number of methoxy groups -OCH3 is 2. The van der Waals surface area contributed by atoms with Crippen molar-refractivity contribution in [2.75, 3.05) is 26.1 Å². The van der Waals surface area contributed by atoms with Gasteiger partial charge in [0.05, 0.1) is 17.7 Å². The Morgan fingerprint density at radius 1 is 1.09 bits per heavy atom. The molecule has 6 heteroatoms. The number of ether oxygens (including phenoxy) is 2. The molecule has 1 aliphatic heterocycles. The number of benzene rings is 1. The maximum atomic E-state index is 13.4. The second-order valence-corrected chi connectivity index (χ2v) is 9.78. The van der Waals surface area contributed by atoms with Crippen molar-refractivity contribution in [1.82, 2.24) is 10.3 Å². The molecule has 1 aromatic carbocycles. The fourth-order valence-corrected chi connectivity index (χ4v) is 6.10. The highest BCUT2D eigenvalue weighted by Crippen LogP contribution is 2.44. The molecule has 180 valence electrons. The zero-order valence-electron chi connectivity index (χ0n) is 20.7. The molecule has 4 rings (SSSR count). The van der Waals surface area contributed by atoms with Gasteiger partial charge in [0.2, 0.25) is 5.91 Å². The summed E-state index contributed by atoms with van der Waals surface area (Å²) in [7, 11) is 3.54. The summed E-state index contributed by atoms with van der Waals surface area (Å²) in [6.45, 7) is 7.16. The molecular weight excluding hydrogens is 414 g/mol. The van der Waals surface area contributed by atoms with Crippen molar-refractivity contribution in [3.8, 4) is 0 Å². The number of carbonyl (C=O) groups is 1. The van der Waals surface area contributed by atoms with E-state index in [1.807, 2.05) is 0 Å². The Balaban J connectivity index is 1.69. The van der Waals surface area contributed by atoms with Crippen LogP contribution in [0.15, 0.2) is 24.3 Å². The molecule has 1 saturated heterocycles. The maximum absolute atomic E-state index is 13.4. The fraction of sp³-hybridized carbons (Fsp3) is 0.630. The highest BCUT2D eigenvalue weighted by molar-refractivity contribution is 5.84. The molecule has 1 saturated carbocycles. The van der Waals surface area contributed by atoms with Crippen LogP contribution in [-0.4, -0.2) is 49.9 Å². The molecular formula is C27H39N3O3. The molecule has 6 atom stereocenters. The minimum Gasteiger partial charge on any atom is -0.379 e. The average molecular weight is 454 g/mol. The van der Waals surface area contributed by atoms with Gasteiger partial charge in [-0.15, -0.1) is 0 Å². The zero-order chi connectivity index (χ0) is 23.5. The number of fused-ring (bicyclic) bond motifs is 2. The van der Waals surface area contributed by atoms with Gasteiger partial charge in [-0.1, -0.05) is 25.0 Å². The van der Waals surface area contributed by atoms with Gasteiger partial charge in [-0.05, 0) is 75.1 Å². The van der Waals surface area contributed by atoms with Crippen LogP contribution in [-0.2, 0) is 20.7 Å². The summed E-state index contributed by atoms with van der Waals surface area (Å²) in [5.74, 6) is 1.64.